The second-order valence-electron chi connectivity index (χ2n) is 3.57. The first-order valence-electron chi connectivity index (χ1n) is 4.76. The Kier molecular flexibility index (Phi) is 4.59. The molecular weight excluding hydrogens is 220 g/mol. The van der Waals surface area contributed by atoms with Crippen molar-refractivity contribution >= 4 is 5.91 Å². The number of carbonyl (C=O) groups is 1. The van der Waals surface area contributed by atoms with Crippen LogP contribution >= 0.6 is 0 Å². The zero-order chi connectivity index (χ0) is 12.3. The number of amides is 1. The van der Waals surface area contributed by atoms with Gasteiger partial charge in [-0.2, -0.15) is 0 Å². The van der Waals surface area contributed by atoms with Gasteiger partial charge in [0.05, 0.1) is 6.61 Å². The molecule has 1 aliphatic rings. The summed E-state index contributed by atoms with van der Waals surface area (Å²) < 4.78 is 5.06. The van der Waals surface area contributed by atoms with Gasteiger partial charge >= 0.3 is 0 Å². The van der Waals surface area contributed by atoms with Crippen LogP contribution in [0.1, 0.15) is 6.92 Å². The van der Waals surface area contributed by atoms with E-state index in [1.807, 2.05) is 0 Å². The lowest BCUT2D eigenvalue weighted by Crippen LogP contribution is -2.65. The van der Waals surface area contributed by atoms with Crippen LogP contribution in [0.25, 0.3) is 0 Å². The summed E-state index contributed by atoms with van der Waals surface area (Å²) in [6.07, 6.45) is -4.79. The molecule has 0 spiro atoms. The molecule has 0 aromatic heterocycles. The molecule has 1 amide bonds. The lowest BCUT2D eigenvalue weighted by atomic mass is 9.97. The standard InChI is InChI=1S/C8H16N2O6/c1-3(12)10-5-7(14)6(13)4(2-11)15-8(5)16-9/h4-8,11,13-14H,2,9H2,1H3,(H,10,12). The highest BCUT2D eigenvalue weighted by Gasteiger charge is 2.45. The van der Waals surface area contributed by atoms with Gasteiger partial charge in [-0.05, 0) is 0 Å². The molecule has 0 aliphatic carbocycles. The molecule has 16 heavy (non-hydrogen) atoms. The van der Waals surface area contributed by atoms with E-state index in [2.05, 4.69) is 10.2 Å². The monoisotopic (exact) mass is 236 g/mol. The molecule has 5 atom stereocenters. The van der Waals surface area contributed by atoms with Crippen LogP contribution in [0.3, 0.4) is 0 Å². The first kappa shape index (κ1) is 13.3. The number of hydrogen-bond acceptors (Lipinski definition) is 7. The Morgan fingerprint density at radius 2 is 2.12 bits per heavy atom. The zero-order valence-corrected chi connectivity index (χ0v) is 8.74. The predicted octanol–water partition coefficient (Wildman–Crippen LogP) is -3.18. The molecule has 5 unspecified atom stereocenters. The quantitative estimate of drug-likeness (QED) is 0.326. The fraction of sp³-hybridized carbons (Fsp3) is 0.875. The highest BCUT2D eigenvalue weighted by Crippen LogP contribution is 2.20. The lowest BCUT2D eigenvalue weighted by Gasteiger charge is -2.41. The van der Waals surface area contributed by atoms with Gasteiger partial charge in [-0.25, -0.2) is 5.90 Å². The van der Waals surface area contributed by atoms with Gasteiger partial charge in [0.1, 0.15) is 24.4 Å². The molecule has 1 heterocycles. The van der Waals surface area contributed by atoms with E-state index in [1.54, 1.807) is 0 Å². The maximum atomic E-state index is 10.9. The molecule has 8 nitrogen and oxygen atoms in total. The van der Waals surface area contributed by atoms with Gasteiger partial charge in [-0.15, -0.1) is 0 Å². The number of aliphatic hydroxyl groups is 3. The molecule has 0 saturated carbocycles. The molecule has 1 saturated heterocycles. The Bertz CT molecular complexity index is 249. The summed E-state index contributed by atoms with van der Waals surface area (Å²) in [5.41, 5.74) is 0. The average molecular weight is 236 g/mol. The van der Waals surface area contributed by atoms with E-state index in [0.29, 0.717) is 0 Å². The summed E-state index contributed by atoms with van der Waals surface area (Å²) in [4.78, 5) is 15.3. The lowest BCUT2D eigenvalue weighted by molar-refractivity contribution is -0.271. The van der Waals surface area contributed by atoms with Gasteiger partial charge in [-0.3, -0.25) is 9.63 Å². The summed E-state index contributed by atoms with van der Waals surface area (Å²) in [6, 6.07) is -0.986. The minimum atomic E-state index is -1.33. The summed E-state index contributed by atoms with van der Waals surface area (Å²) in [6.45, 7) is 0.746. The SMILES string of the molecule is CC(=O)NC1C(ON)OC(CO)C(O)C1O. The zero-order valence-electron chi connectivity index (χ0n) is 8.74. The van der Waals surface area contributed by atoms with Crippen LogP contribution in [0, 0.1) is 0 Å². The minimum absolute atomic E-state index is 0.427. The van der Waals surface area contributed by atoms with Gasteiger partial charge in [0, 0.05) is 6.92 Å². The second-order valence-corrected chi connectivity index (χ2v) is 3.57. The molecule has 8 heteroatoms. The molecule has 1 rings (SSSR count). The number of ether oxygens (including phenoxy) is 1. The molecule has 1 aliphatic heterocycles. The molecule has 0 radical (unpaired) electrons. The van der Waals surface area contributed by atoms with Gasteiger partial charge in [0.2, 0.25) is 5.91 Å². The van der Waals surface area contributed by atoms with Crippen molar-refractivity contribution in [2.24, 2.45) is 5.90 Å². The van der Waals surface area contributed by atoms with Crippen LogP contribution in [0.15, 0.2) is 0 Å². The number of nitrogens with one attached hydrogen (secondary N) is 1. The van der Waals surface area contributed by atoms with Crippen molar-refractivity contribution in [1.29, 1.82) is 0 Å². The number of rotatable bonds is 3. The van der Waals surface area contributed by atoms with Crippen molar-refractivity contribution in [3.05, 3.63) is 0 Å². The summed E-state index contributed by atoms with van der Waals surface area (Å²) in [5, 5.41) is 30.5. The van der Waals surface area contributed by atoms with E-state index in [9.17, 15) is 15.0 Å². The van der Waals surface area contributed by atoms with Crippen LogP contribution in [0.5, 0.6) is 0 Å². The molecular formula is C8H16N2O6. The average Bonchev–Trinajstić information content (AvgIpc) is 2.25. The van der Waals surface area contributed by atoms with Crippen LogP contribution in [0.2, 0.25) is 0 Å². The van der Waals surface area contributed by atoms with Crippen molar-refractivity contribution in [2.45, 2.75) is 37.6 Å². The van der Waals surface area contributed by atoms with Gasteiger partial charge in [-0.1, -0.05) is 0 Å². The number of nitrogens with two attached hydrogens (primary N) is 1. The maximum absolute atomic E-state index is 10.9. The largest absolute Gasteiger partial charge is 0.394 e. The molecule has 94 valence electrons. The summed E-state index contributed by atoms with van der Waals surface area (Å²) in [7, 11) is 0. The Hall–Kier alpha value is -0.770. The minimum Gasteiger partial charge on any atom is -0.394 e. The van der Waals surface area contributed by atoms with Crippen molar-refractivity contribution in [2.75, 3.05) is 6.61 Å². The number of aliphatic hydroxyl groups excluding tert-OH is 3. The van der Waals surface area contributed by atoms with E-state index in [1.165, 1.54) is 6.92 Å². The highest BCUT2D eigenvalue weighted by atomic mass is 16.8. The van der Waals surface area contributed by atoms with Crippen molar-refractivity contribution in [1.82, 2.24) is 5.32 Å². The van der Waals surface area contributed by atoms with Gasteiger partial charge < -0.3 is 25.4 Å². The second kappa shape index (κ2) is 5.53. The van der Waals surface area contributed by atoms with Crippen LogP contribution in [-0.4, -0.2) is 58.5 Å². The van der Waals surface area contributed by atoms with Crippen molar-refractivity contribution in [3.63, 3.8) is 0 Å². The Morgan fingerprint density at radius 3 is 2.56 bits per heavy atom. The highest BCUT2D eigenvalue weighted by molar-refractivity contribution is 5.73. The Balaban J connectivity index is 2.77. The fourth-order valence-corrected chi connectivity index (χ4v) is 1.59. The van der Waals surface area contributed by atoms with Crippen LogP contribution in [-0.2, 0) is 14.4 Å². The predicted molar refractivity (Wildman–Crippen MR) is 50.6 cm³/mol. The third kappa shape index (κ3) is 2.67. The number of hydrogen-bond donors (Lipinski definition) is 5. The van der Waals surface area contributed by atoms with Crippen molar-refractivity contribution in [3.8, 4) is 0 Å². The van der Waals surface area contributed by atoms with Crippen LogP contribution < -0.4 is 11.2 Å². The third-order valence-electron chi connectivity index (χ3n) is 2.38. The molecule has 0 bridgehead atoms. The Labute approximate surface area is 91.9 Å². The van der Waals surface area contributed by atoms with Crippen molar-refractivity contribution < 1.29 is 29.7 Å². The van der Waals surface area contributed by atoms with Gasteiger partial charge in [0.25, 0.3) is 0 Å². The van der Waals surface area contributed by atoms with E-state index in [-0.39, 0.29) is 0 Å². The van der Waals surface area contributed by atoms with E-state index >= 15 is 0 Å². The van der Waals surface area contributed by atoms with Gasteiger partial charge in [0.15, 0.2) is 6.29 Å². The van der Waals surface area contributed by atoms with E-state index in [4.69, 9.17) is 15.7 Å². The van der Waals surface area contributed by atoms with E-state index in [0.717, 1.165) is 0 Å². The fourth-order valence-electron chi connectivity index (χ4n) is 1.59. The first-order chi connectivity index (χ1) is 7.51. The molecule has 6 N–H and O–H groups in total. The summed E-state index contributed by atoms with van der Waals surface area (Å²) >= 11 is 0. The Morgan fingerprint density at radius 1 is 1.50 bits per heavy atom. The molecule has 0 aromatic rings. The topological polar surface area (TPSA) is 134 Å². The summed E-state index contributed by atoms with van der Waals surface area (Å²) in [5.74, 6) is 4.52. The first-order valence-corrected chi connectivity index (χ1v) is 4.76. The number of carbonyl (C=O) groups excluding carboxylic acids is 1. The maximum Gasteiger partial charge on any atom is 0.217 e. The normalized spacial score (nSPS) is 39.4. The smallest absolute Gasteiger partial charge is 0.217 e. The van der Waals surface area contributed by atoms with E-state index < -0.39 is 43.2 Å². The molecule has 1 fully saturated rings. The van der Waals surface area contributed by atoms with Crippen LogP contribution in [0.4, 0.5) is 0 Å². The molecule has 0 aromatic carbocycles. The third-order valence-corrected chi connectivity index (χ3v) is 2.38.